The summed E-state index contributed by atoms with van der Waals surface area (Å²) in [7, 11) is 0. The summed E-state index contributed by atoms with van der Waals surface area (Å²) in [4.78, 5) is 3.84. The third-order valence-electron chi connectivity index (χ3n) is 4.05. The molecule has 0 fully saturated rings. The molecule has 0 amide bonds. The normalized spacial score (nSPS) is 15.4. The molecular formula is C15H18F3N3OS. The molecule has 1 N–H and O–H groups in total. The van der Waals surface area contributed by atoms with Crippen LogP contribution in [0.5, 0.6) is 0 Å². The van der Waals surface area contributed by atoms with Crippen LogP contribution >= 0.6 is 11.8 Å². The second kappa shape index (κ2) is 6.16. The number of halogens is 3. The van der Waals surface area contributed by atoms with Gasteiger partial charge in [0.1, 0.15) is 18.3 Å². The largest absolute Gasteiger partial charge is 0.416 e. The molecular weight excluding hydrogens is 327 g/mol. The average molecular weight is 345 g/mol. The molecule has 0 unspecified atom stereocenters. The first-order valence-electron chi connectivity index (χ1n) is 6.88. The van der Waals surface area contributed by atoms with Gasteiger partial charge >= 0.3 is 6.18 Å². The molecule has 0 bridgehead atoms. The van der Waals surface area contributed by atoms with Crippen LogP contribution in [0.25, 0.3) is 0 Å². The maximum Gasteiger partial charge on any atom is 0.416 e. The molecule has 23 heavy (non-hydrogen) atoms. The van der Waals surface area contributed by atoms with E-state index >= 15 is 0 Å². The minimum Gasteiger partial charge on any atom is -0.382 e. The predicted octanol–water partition coefficient (Wildman–Crippen LogP) is 3.33. The zero-order valence-corrected chi connectivity index (χ0v) is 13.8. The molecule has 1 aromatic heterocycles. The van der Waals surface area contributed by atoms with Crippen molar-refractivity contribution in [3.8, 4) is 0 Å². The molecule has 8 heteroatoms. The number of thioether (sulfide) groups is 1. The number of aromatic nitrogens is 3. The van der Waals surface area contributed by atoms with Crippen LogP contribution in [0, 0.1) is 0 Å². The Balaban J connectivity index is 2.45. The van der Waals surface area contributed by atoms with Crippen molar-refractivity contribution in [1.29, 1.82) is 0 Å². The molecule has 0 aliphatic heterocycles. The van der Waals surface area contributed by atoms with Crippen LogP contribution in [0.4, 0.5) is 13.2 Å². The summed E-state index contributed by atoms with van der Waals surface area (Å²) in [6, 6.07) is 4.60. The molecule has 1 heterocycles. The predicted molar refractivity (Wildman–Crippen MR) is 83.0 cm³/mol. The topological polar surface area (TPSA) is 50.9 Å². The minimum atomic E-state index is -4.41. The van der Waals surface area contributed by atoms with Gasteiger partial charge in [0.15, 0.2) is 0 Å². The fraction of sp³-hybridized carbons (Fsp3) is 0.467. The molecule has 0 aliphatic carbocycles. The molecule has 1 atom stereocenters. The van der Waals surface area contributed by atoms with Crippen LogP contribution in [-0.4, -0.2) is 30.9 Å². The summed E-state index contributed by atoms with van der Waals surface area (Å²) in [5.41, 5.74) is -1.75. The molecule has 0 aliphatic rings. The second-order valence-corrected chi connectivity index (χ2v) is 7.17. The van der Waals surface area contributed by atoms with Gasteiger partial charge in [-0.3, -0.25) is 0 Å². The molecule has 2 aromatic rings. The van der Waals surface area contributed by atoms with E-state index < -0.39 is 22.1 Å². The maximum absolute atomic E-state index is 12.7. The standard InChI is InChI=1S/C15H18F3N3OS/c1-13(2,23-3)14(22,8-21-10-19-9-20-21)11-4-6-12(7-5-11)15(16,17)18/h4-7,9-10,22H,8H2,1-3H3/t14-/m0/s1. The van der Waals surface area contributed by atoms with Crippen LogP contribution < -0.4 is 0 Å². The fourth-order valence-corrected chi connectivity index (χ4v) is 2.80. The molecule has 0 saturated carbocycles. The zero-order chi connectivity index (χ0) is 17.3. The Morgan fingerprint density at radius 3 is 2.13 bits per heavy atom. The molecule has 4 nitrogen and oxygen atoms in total. The van der Waals surface area contributed by atoms with Gasteiger partial charge in [-0.05, 0) is 37.8 Å². The van der Waals surface area contributed by atoms with E-state index in [1.54, 1.807) is 0 Å². The fourth-order valence-electron chi connectivity index (χ4n) is 2.28. The average Bonchev–Trinajstić information content (AvgIpc) is 2.99. The monoisotopic (exact) mass is 345 g/mol. The maximum atomic E-state index is 12.7. The van der Waals surface area contributed by atoms with Gasteiger partial charge in [0, 0.05) is 4.75 Å². The smallest absolute Gasteiger partial charge is 0.382 e. The number of nitrogens with zero attached hydrogens (tertiary/aromatic N) is 3. The van der Waals surface area contributed by atoms with E-state index in [1.807, 2.05) is 20.1 Å². The van der Waals surface area contributed by atoms with Gasteiger partial charge in [-0.15, -0.1) is 0 Å². The van der Waals surface area contributed by atoms with Crippen molar-refractivity contribution >= 4 is 11.8 Å². The summed E-state index contributed by atoms with van der Waals surface area (Å²) < 4.78 is 39.0. The van der Waals surface area contributed by atoms with Crippen LogP contribution in [0.15, 0.2) is 36.9 Å². The van der Waals surface area contributed by atoms with Gasteiger partial charge < -0.3 is 5.11 Å². The molecule has 0 spiro atoms. The Hall–Kier alpha value is -1.54. The van der Waals surface area contributed by atoms with Gasteiger partial charge in [-0.2, -0.15) is 30.0 Å². The van der Waals surface area contributed by atoms with Crippen molar-refractivity contribution in [2.24, 2.45) is 0 Å². The van der Waals surface area contributed by atoms with Gasteiger partial charge in [-0.1, -0.05) is 12.1 Å². The third kappa shape index (κ3) is 3.53. The first kappa shape index (κ1) is 17.8. The number of rotatable bonds is 5. The van der Waals surface area contributed by atoms with Crippen molar-refractivity contribution in [1.82, 2.24) is 14.8 Å². The van der Waals surface area contributed by atoms with Crippen molar-refractivity contribution in [2.75, 3.05) is 6.26 Å². The van der Waals surface area contributed by atoms with Crippen LogP contribution in [0.3, 0.4) is 0 Å². The number of benzene rings is 1. The molecule has 1 aromatic carbocycles. The Kier molecular flexibility index (Phi) is 4.77. The SMILES string of the molecule is CSC(C)(C)[C@](O)(Cn1cncn1)c1ccc(C(F)(F)F)cc1. The zero-order valence-electron chi connectivity index (χ0n) is 13.0. The Bertz CT molecular complexity index is 641. The molecule has 0 saturated heterocycles. The van der Waals surface area contributed by atoms with Gasteiger partial charge in [0.25, 0.3) is 0 Å². The molecule has 0 radical (unpaired) electrons. The van der Waals surface area contributed by atoms with E-state index in [9.17, 15) is 18.3 Å². The summed E-state index contributed by atoms with van der Waals surface area (Å²) in [6.07, 6.45) is 0.249. The Labute approximate surface area is 136 Å². The highest BCUT2D eigenvalue weighted by atomic mass is 32.2. The number of hydrogen-bond donors (Lipinski definition) is 1. The number of aliphatic hydroxyl groups is 1. The van der Waals surface area contributed by atoms with Crippen molar-refractivity contribution in [3.63, 3.8) is 0 Å². The lowest BCUT2D eigenvalue weighted by Gasteiger charge is -2.42. The highest BCUT2D eigenvalue weighted by Crippen LogP contribution is 2.43. The first-order chi connectivity index (χ1) is 10.6. The Morgan fingerprint density at radius 1 is 1.13 bits per heavy atom. The van der Waals surface area contributed by atoms with Crippen LogP contribution in [0.1, 0.15) is 25.0 Å². The molecule has 2 rings (SSSR count). The lowest BCUT2D eigenvalue weighted by atomic mass is 9.82. The summed E-state index contributed by atoms with van der Waals surface area (Å²) >= 11 is 1.43. The highest BCUT2D eigenvalue weighted by molar-refractivity contribution is 8.00. The van der Waals surface area contributed by atoms with E-state index in [0.717, 1.165) is 12.1 Å². The third-order valence-corrected chi connectivity index (χ3v) is 5.41. The molecule has 126 valence electrons. The number of hydrogen-bond acceptors (Lipinski definition) is 4. The first-order valence-corrected chi connectivity index (χ1v) is 8.10. The van der Waals surface area contributed by atoms with Gasteiger partial charge in [0.2, 0.25) is 0 Å². The van der Waals surface area contributed by atoms with Crippen LogP contribution in [-0.2, 0) is 18.3 Å². The minimum absolute atomic E-state index is 0.0895. The summed E-state index contributed by atoms with van der Waals surface area (Å²) in [6.45, 7) is 3.77. The Morgan fingerprint density at radius 2 is 1.70 bits per heavy atom. The van der Waals surface area contributed by atoms with Gasteiger partial charge in [0.05, 0.1) is 12.1 Å². The van der Waals surface area contributed by atoms with Crippen molar-refractivity contribution in [3.05, 3.63) is 48.0 Å². The lowest BCUT2D eigenvalue weighted by Crippen LogP contribution is -2.48. The van der Waals surface area contributed by atoms with E-state index in [0.29, 0.717) is 5.56 Å². The lowest BCUT2D eigenvalue weighted by molar-refractivity contribution is -0.137. The summed E-state index contributed by atoms with van der Waals surface area (Å²) in [5, 5.41) is 15.3. The van der Waals surface area contributed by atoms with E-state index in [1.165, 1.54) is 41.2 Å². The van der Waals surface area contributed by atoms with Crippen molar-refractivity contribution < 1.29 is 18.3 Å². The van der Waals surface area contributed by atoms with Crippen LogP contribution in [0.2, 0.25) is 0 Å². The van der Waals surface area contributed by atoms with E-state index in [-0.39, 0.29) is 6.54 Å². The summed E-state index contributed by atoms with van der Waals surface area (Å²) in [5.74, 6) is 0. The number of alkyl halides is 3. The van der Waals surface area contributed by atoms with Crippen molar-refractivity contribution in [2.45, 2.75) is 36.9 Å². The highest BCUT2D eigenvalue weighted by Gasteiger charge is 2.45. The quantitative estimate of drug-likeness (QED) is 0.903. The second-order valence-electron chi connectivity index (χ2n) is 5.74. The van der Waals surface area contributed by atoms with Gasteiger partial charge in [-0.25, -0.2) is 9.67 Å². The van der Waals surface area contributed by atoms with E-state index in [2.05, 4.69) is 10.1 Å². The van der Waals surface area contributed by atoms with E-state index in [4.69, 9.17) is 0 Å².